The van der Waals surface area contributed by atoms with Crippen LogP contribution in [0.5, 0.6) is 0 Å². The second-order valence-corrected chi connectivity index (χ2v) is 1.21. The van der Waals surface area contributed by atoms with E-state index >= 15 is 0 Å². The molecule has 0 aliphatic heterocycles. The molecule has 0 radical (unpaired) electrons. The van der Waals surface area contributed by atoms with Gasteiger partial charge < -0.3 is 9.47 Å². The molecule has 4 nitrogen and oxygen atoms in total. The minimum atomic E-state index is -0.961. The van der Waals surface area contributed by atoms with E-state index in [-0.39, 0.29) is 17.6 Å². The van der Waals surface area contributed by atoms with Crippen LogP contribution in [-0.2, 0) is 19.1 Å². The van der Waals surface area contributed by atoms with E-state index < -0.39 is 11.9 Å². The van der Waals surface area contributed by atoms with Crippen molar-refractivity contribution >= 4 is 22.9 Å². The summed E-state index contributed by atoms with van der Waals surface area (Å²) in [5, 5.41) is 0. The maximum Gasteiger partial charge on any atom is 0.417 e. The van der Waals surface area contributed by atoms with E-state index in [1.807, 2.05) is 0 Å². The molecular weight excluding hydrogens is 152 g/mol. The lowest BCUT2D eigenvalue weighted by Gasteiger charge is -1.96. The zero-order chi connectivity index (χ0) is 7.28. The van der Waals surface area contributed by atoms with Crippen molar-refractivity contribution in [2.45, 2.75) is 6.92 Å². The van der Waals surface area contributed by atoms with Gasteiger partial charge in [-0.3, -0.25) is 0 Å². The summed E-state index contributed by atoms with van der Waals surface area (Å²) >= 11 is 0. The molecule has 0 N–H and O–H groups in total. The first kappa shape index (κ1) is 11.9. The van der Waals surface area contributed by atoms with Crippen molar-refractivity contribution in [2.75, 3.05) is 13.7 Å². The van der Waals surface area contributed by atoms with Crippen LogP contribution < -0.4 is 0 Å². The molecule has 0 fully saturated rings. The molecule has 5 heteroatoms. The van der Waals surface area contributed by atoms with Gasteiger partial charge in [0.1, 0.15) is 0 Å². The average molecular weight is 164 g/mol. The maximum atomic E-state index is 10.3. The quantitative estimate of drug-likeness (QED) is 0.262. The van der Waals surface area contributed by atoms with E-state index in [1.54, 1.807) is 6.92 Å². The van der Waals surface area contributed by atoms with Crippen LogP contribution in [0, 0.1) is 0 Å². The van der Waals surface area contributed by atoms with E-state index in [1.165, 1.54) is 0 Å². The highest BCUT2D eigenvalue weighted by Gasteiger charge is 2.13. The fourth-order valence-corrected chi connectivity index (χ4v) is 0.273. The third-order valence-electron chi connectivity index (χ3n) is 0.627. The molecule has 0 rings (SSSR count). The van der Waals surface area contributed by atoms with E-state index in [0.29, 0.717) is 0 Å². The van der Waals surface area contributed by atoms with Gasteiger partial charge in [0.15, 0.2) is 0 Å². The van der Waals surface area contributed by atoms with Crippen molar-refractivity contribution in [3.8, 4) is 0 Å². The second kappa shape index (κ2) is 6.28. The molecule has 60 valence electrons. The zero-order valence-corrected chi connectivity index (χ0v) is 5.34. The monoisotopic (exact) mass is 164 g/mol. The Kier molecular flexibility index (Phi) is 7.47. The standard InChI is InChI=1S/C5H8O4.H4Si/c1-3-9-5(7)4(6)8-2;/h3H2,1-2H3;1H4. The average Bonchev–Trinajstić information content (AvgIpc) is 1.87. The molecule has 0 amide bonds. The van der Waals surface area contributed by atoms with Crippen molar-refractivity contribution in [1.29, 1.82) is 0 Å². The van der Waals surface area contributed by atoms with Crippen molar-refractivity contribution in [2.24, 2.45) is 0 Å². The molecule has 10 heavy (non-hydrogen) atoms. The Labute approximate surface area is 63.5 Å². The Morgan fingerprint density at radius 1 is 1.30 bits per heavy atom. The Morgan fingerprint density at radius 2 is 1.80 bits per heavy atom. The summed E-state index contributed by atoms with van der Waals surface area (Å²) in [5.74, 6) is -1.91. The number of esters is 2. The Morgan fingerprint density at radius 3 is 2.10 bits per heavy atom. The molecule has 0 saturated carbocycles. The van der Waals surface area contributed by atoms with Gasteiger partial charge >= 0.3 is 11.9 Å². The smallest absolute Gasteiger partial charge is 0.417 e. The second-order valence-electron chi connectivity index (χ2n) is 1.21. The summed E-state index contributed by atoms with van der Waals surface area (Å²) in [6, 6.07) is 0. The van der Waals surface area contributed by atoms with Gasteiger partial charge in [0.2, 0.25) is 0 Å². The topological polar surface area (TPSA) is 52.6 Å². The Balaban J connectivity index is 0. The lowest BCUT2D eigenvalue weighted by Crippen LogP contribution is -2.18. The van der Waals surface area contributed by atoms with Crippen LogP contribution in [0.4, 0.5) is 0 Å². The number of rotatable bonds is 1. The Bertz CT molecular complexity index is 123. The normalized spacial score (nSPS) is 7.40. The highest BCUT2D eigenvalue weighted by Crippen LogP contribution is 1.79. The molecule has 0 aromatic carbocycles. The van der Waals surface area contributed by atoms with Crippen molar-refractivity contribution < 1.29 is 19.1 Å². The molecule has 0 aromatic heterocycles. The number of hydrogen-bond donors (Lipinski definition) is 0. The molecule has 0 heterocycles. The zero-order valence-electron chi connectivity index (χ0n) is 5.34. The minimum Gasteiger partial charge on any atom is -0.461 e. The van der Waals surface area contributed by atoms with Crippen LogP contribution in [0.25, 0.3) is 0 Å². The van der Waals surface area contributed by atoms with Gasteiger partial charge in [-0.05, 0) is 17.9 Å². The number of ether oxygens (including phenoxy) is 2. The van der Waals surface area contributed by atoms with E-state index in [9.17, 15) is 9.59 Å². The molecule has 0 atom stereocenters. The van der Waals surface area contributed by atoms with Crippen LogP contribution in [0.2, 0.25) is 0 Å². The molecule has 0 aliphatic carbocycles. The molecule has 0 unspecified atom stereocenters. The lowest BCUT2D eigenvalue weighted by atomic mass is 10.7. The number of methoxy groups -OCH3 is 1. The fraction of sp³-hybridized carbons (Fsp3) is 0.600. The highest BCUT2D eigenvalue weighted by atomic mass is 28.1. The summed E-state index contributed by atoms with van der Waals surface area (Å²) in [7, 11) is 1.12. The van der Waals surface area contributed by atoms with Gasteiger partial charge in [-0.25, -0.2) is 9.59 Å². The largest absolute Gasteiger partial charge is 0.461 e. The number of carbonyl (C=O) groups is 2. The van der Waals surface area contributed by atoms with Crippen LogP contribution in [0.15, 0.2) is 0 Å². The van der Waals surface area contributed by atoms with Crippen LogP contribution in [0.3, 0.4) is 0 Å². The molecule has 0 spiro atoms. The van der Waals surface area contributed by atoms with E-state index in [2.05, 4.69) is 9.47 Å². The summed E-state index contributed by atoms with van der Waals surface area (Å²) in [6.07, 6.45) is 0. The molecule has 0 saturated heterocycles. The van der Waals surface area contributed by atoms with Crippen LogP contribution in [0.1, 0.15) is 6.92 Å². The number of carbonyl (C=O) groups excluding carboxylic acids is 2. The van der Waals surface area contributed by atoms with Crippen LogP contribution >= 0.6 is 0 Å². The minimum absolute atomic E-state index is 0. The maximum absolute atomic E-state index is 10.3. The van der Waals surface area contributed by atoms with Crippen LogP contribution in [-0.4, -0.2) is 36.6 Å². The number of hydrogen-bond acceptors (Lipinski definition) is 4. The highest BCUT2D eigenvalue weighted by molar-refractivity contribution is 6.29. The summed E-state index contributed by atoms with van der Waals surface area (Å²) in [4.78, 5) is 20.5. The summed E-state index contributed by atoms with van der Waals surface area (Å²) in [6.45, 7) is 1.80. The van der Waals surface area contributed by atoms with Crippen molar-refractivity contribution in [3.63, 3.8) is 0 Å². The first-order valence-electron chi connectivity index (χ1n) is 2.47. The van der Waals surface area contributed by atoms with Gasteiger partial charge in [0.05, 0.1) is 13.7 Å². The SMILES string of the molecule is CCOC(=O)C(=O)OC.[SiH4]. The third kappa shape index (κ3) is 4.08. The van der Waals surface area contributed by atoms with Crippen molar-refractivity contribution in [3.05, 3.63) is 0 Å². The molecule has 0 aromatic rings. The summed E-state index contributed by atoms with van der Waals surface area (Å²) in [5.41, 5.74) is 0. The molecular formula is C5H12O4Si. The lowest BCUT2D eigenvalue weighted by molar-refractivity contribution is -0.165. The van der Waals surface area contributed by atoms with E-state index in [0.717, 1.165) is 7.11 Å². The van der Waals surface area contributed by atoms with E-state index in [4.69, 9.17) is 0 Å². The van der Waals surface area contributed by atoms with Gasteiger partial charge in [-0.2, -0.15) is 0 Å². The van der Waals surface area contributed by atoms with Gasteiger partial charge in [0.25, 0.3) is 0 Å². The first-order chi connectivity index (χ1) is 4.22. The van der Waals surface area contributed by atoms with Crippen molar-refractivity contribution in [1.82, 2.24) is 0 Å². The summed E-state index contributed by atoms with van der Waals surface area (Å²) < 4.78 is 8.33. The third-order valence-corrected chi connectivity index (χ3v) is 0.627. The first-order valence-corrected chi connectivity index (χ1v) is 2.47. The van der Waals surface area contributed by atoms with Gasteiger partial charge in [-0.15, -0.1) is 0 Å². The Hall–Kier alpha value is -0.843. The molecule has 0 aliphatic rings. The predicted octanol–water partition coefficient (Wildman–Crippen LogP) is -1.73. The fourth-order valence-electron chi connectivity index (χ4n) is 0.273. The predicted molar refractivity (Wildman–Crippen MR) is 40.0 cm³/mol. The van der Waals surface area contributed by atoms with Gasteiger partial charge in [0, 0.05) is 0 Å². The van der Waals surface area contributed by atoms with Gasteiger partial charge in [-0.1, -0.05) is 0 Å². The molecule has 0 bridgehead atoms.